The Morgan fingerprint density at radius 1 is 0.684 bits per heavy atom. The van der Waals surface area contributed by atoms with E-state index in [1.807, 2.05) is 0 Å². The summed E-state index contributed by atoms with van der Waals surface area (Å²) in [6.07, 6.45) is 2.84. The van der Waals surface area contributed by atoms with Gasteiger partial charge >= 0.3 is 8.56 Å². The first-order valence-corrected chi connectivity index (χ1v) is 10.4. The van der Waals surface area contributed by atoms with Crippen molar-refractivity contribution in [3.8, 4) is 0 Å². The quantitative estimate of drug-likeness (QED) is 0.503. The highest BCUT2D eigenvalue weighted by Gasteiger charge is 2.39. The largest absolute Gasteiger partial charge is 0.391 e. The Morgan fingerprint density at radius 2 is 1.00 bits per heavy atom. The van der Waals surface area contributed by atoms with E-state index in [1.165, 1.54) is 0 Å². The van der Waals surface area contributed by atoms with E-state index in [0.717, 1.165) is 24.9 Å². The van der Waals surface area contributed by atoms with Crippen LogP contribution in [-0.4, -0.2) is 20.8 Å². The van der Waals surface area contributed by atoms with E-state index in [9.17, 15) is 0 Å². The average Bonchev–Trinajstić information content (AvgIpc) is 2.39. The summed E-state index contributed by atoms with van der Waals surface area (Å²) in [6, 6.07) is 2.10. The van der Waals surface area contributed by atoms with E-state index in [0.29, 0.717) is 24.0 Å². The fraction of sp³-hybridized carbons (Fsp3) is 1.00. The number of hydrogen-bond donors (Lipinski definition) is 0. The van der Waals surface area contributed by atoms with Crippen molar-refractivity contribution in [3.63, 3.8) is 0 Å². The van der Waals surface area contributed by atoms with Crippen molar-refractivity contribution in [2.75, 3.05) is 0 Å². The second kappa shape index (κ2) is 9.14. The lowest BCUT2D eigenvalue weighted by Crippen LogP contribution is -2.48. The predicted octanol–water partition coefficient (Wildman–Crippen LogP) is 5.37. The van der Waals surface area contributed by atoms with Crippen LogP contribution in [0.1, 0.15) is 68.2 Å². The van der Waals surface area contributed by atoms with Gasteiger partial charge in [-0.3, -0.25) is 0 Å². The van der Waals surface area contributed by atoms with E-state index in [4.69, 9.17) is 8.85 Å². The normalized spacial score (nSPS) is 16.1. The fourth-order valence-corrected chi connectivity index (χ4v) is 5.75. The van der Waals surface area contributed by atoms with Gasteiger partial charge < -0.3 is 8.85 Å². The highest BCUT2D eigenvalue weighted by molar-refractivity contribution is 6.67. The first-order valence-electron chi connectivity index (χ1n) is 8.21. The van der Waals surface area contributed by atoms with Gasteiger partial charge in [-0.15, -0.1) is 0 Å². The van der Waals surface area contributed by atoms with Crippen LogP contribution in [-0.2, 0) is 8.85 Å². The van der Waals surface area contributed by atoms with Crippen molar-refractivity contribution in [2.45, 2.75) is 92.5 Å². The Bertz CT molecular complexity index is 205. The molecule has 0 rings (SSSR count). The summed E-state index contributed by atoms with van der Waals surface area (Å²) in [6.45, 7) is 17.9. The molecule has 2 atom stereocenters. The van der Waals surface area contributed by atoms with Crippen molar-refractivity contribution >= 4 is 8.56 Å². The molecule has 0 aliphatic rings. The zero-order valence-corrected chi connectivity index (χ0v) is 15.5. The topological polar surface area (TPSA) is 18.5 Å². The molecule has 2 unspecified atom stereocenters. The summed E-state index contributed by atoms with van der Waals surface area (Å²) in [5, 5.41) is 0. The summed E-state index contributed by atoms with van der Waals surface area (Å²) in [7, 11) is -2.04. The molecule has 2 nitrogen and oxygen atoms in total. The molecule has 116 valence electrons. The second-order valence-electron chi connectivity index (χ2n) is 6.23. The third-order valence-corrected chi connectivity index (χ3v) is 7.72. The lowest BCUT2D eigenvalue weighted by molar-refractivity contribution is 0.0382. The van der Waals surface area contributed by atoms with Crippen LogP contribution < -0.4 is 0 Å². The lowest BCUT2D eigenvalue weighted by Gasteiger charge is -2.38. The van der Waals surface area contributed by atoms with Crippen LogP contribution in [0.5, 0.6) is 0 Å². The number of rotatable bonds is 10. The van der Waals surface area contributed by atoms with Gasteiger partial charge in [0, 0.05) is 12.2 Å². The molecule has 0 amide bonds. The van der Waals surface area contributed by atoms with Gasteiger partial charge in [-0.1, -0.05) is 55.4 Å². The predicted molar refractivity (Wildman–Crippen MR) is 86.7 cm³/mol. The molecular formula is C16H36O2Si. The van der Waals surface area contributed by atoms with Crippen LogP contribution in [0, 0.1) is 11.8 Å². The van der Waals surface area contributed by atoms with Crippen LogP contribution >= 0.6 is 0 Å². The number of hydrogen-bond acceptors (Lipinski definition) is 2. The average molecular weight is 289 g/mol. The third-order valence-electron chi connectivity index (χ3n) is 4.10. The van der Waals surface area contributed by atoms with Crippen molar-refractivity contribution < 1.29 is 8.85 Å². The molecule has 0 spiro atoms. The standard InChI is InChI=1S/C16H36O2Si/c1-9-15(13(5)6)17-19(11-3,12-4)18-16(10-2)14(7)8/h13-16H,9-12H2,1-8H3. The van der Waals surface area contributed by atoms with Gasteiger partial charge in [-0.05, 0) is 36.8 Å². The van der Waals surface area contributed by atoms with E-state index >= 15 is 0 Å². The van der Waals surface area contributed by atoms with E-state index in [1.54, 1.807) is 0 Å². The molecule has 0 saturated carbocycles. The highest BCUT2D eigenvalue weighted by Crippen LogP contribution is 2.28. The first kappa shape index (κ1) is 19.1. The Kier molecular flexibility index (Phi) is 9.21. The van der Waals surface area contributed by atoms with Crippen LogP contribution in [0.2, 0.25) is 12.1 Å². The van der Waals surface area contributed by atoms with Crippen molar-refractivity contribution in [1.29, 1.82) is 0 Å². The van der Waals surface area contributed by atoms with E-state index in [2.05, 4.69) is 55.4 Å². The minimum atomic E-state index is -2.04. The molecule has 0 aromatic heterocycles. The van der Waals surface area contributed by atoms with Gasteiger partial charge in [0.2, 0.25) is 0 Å². The second-order valence-corrected chi connectivity index (χ2v) is 9.94. The summed E-state index contributed by atoms with van der Waals surface area (Å²) < 4.78 is 13.1. The lowest BCUT2D eigenvalue weighted by atomic mass is 10.1. The molecular weight excluding hydrogens is 252 g/mol. The first-order chi connectivity index (χ1) is 8.85. The van der Waals surface area contributed by atoms with Gasteiger partial charge in [-0.2, -0.15) is 0 Å². The summed E-state index contributed by atoms with van der Waals surface area (Å²) in [5.74, 6) is 1.13. The third kappa shape index (κ3) is 5.97. The molecule has 3 heteroatoms. The molecule has 0 heterocycles. The summed E-state index contributed by atoms with van der Waals surface area (Å²) >= 11 is 0. The van der Waals surface area contributed by atoms with Crippen molar-refractivity contribution in [2.24, 2.45) is 11.8 Å². The molecule has 0 bridgehead atoms. The minimum absolute atomic E-state index is 0.344. The summed E-state index contributed by atoms with van der Waals surface area (Å²) in [4.78, 5) is 0. The maximum Gasteiger partial charge on any atom is 0.338 e. The van der Waals surface area contributed by atoms with Gasteiger partial charge in [0.1, 0.15) is 0 Å². The molecule has 0 fully saturated rings. The summed E-state index contributed by atoms with van der Waals surface area (Å²) in [5.41, 5.74) is 0. The highest BCUT2D eigenvalue weighted by atomic mass is 28.4. The van der Waals surface area contributed by atoms with Crippen LogP contribution in [0.15, 0.2) is 0 Å². The SMILES string of the molecule is CCC(O[Si](CC)(CC)OC(CC)C(C)C)C(C)C. The van der Waals surface area contributed by atoms with Crippen LogP contribution in [0.4, 0.5) is 0 Å². The molecule has 19 heavy (non-hydrogen) atoms. The molecule has 0 aromatic rings. The Balaban J connectivity index is 4.92. The molecule has 0 saturated heterocycles. The van der Waals surface area contributed by atoms with Gasteiger partial charge in [-0.25, -0.2) is 0 Å². The Hall–Kier alpha value is 0.137. The minimum Gasteiger partial charge on any atom is -0.391 e. The molecule has 0 aliphatic heterocycles. The van der Waals surface area contributed by atoms with Gasteiger partial charge in [0.05, 0.1) is 0 Å². The Morgan fingerprint density at radius 3 is 1.16 bits per heavy atom. The molecule has 0 aromatic carbocycles. The zero-order valence-electron chi connectivity index (χ0n) is 14.5. The molecule has 0 radical (unpaired) electrons. The maximum absolute atomic E-state index is 6.55. The van der Waals surface area contributed by atoms with Crippen LogP contribution in [0.25, 0.3) is 0 Å². The van der Waals surface area contributed by atoms with Crippen LogP contribution in [0.3, 0.4) is 0 Å². The van der Waals surface area contributed by atoms with E-state index in [-0.39, 0.29) is 0 Å². The van der Waals surface area contributed by atoms with Gasteiger partial charge in [0.15, 0.2) is 0 Å². The van der Waals surface area contributed by atoms with Crippen molar-refractivity contribution in [1.82, 2.24) is 0 Å². The Labute approximate surface area is 122 Å². The van der Waals surface area contributed by atoms with Gasteiger partial charge in [0.25, 0.3) is 0 Å². The molecule has 0 N–H and O–H groups in total. The van der Waals surface area contributed by atoms with Crippen molar-refractivity contribution in [3.05, 3.63) is 0 Å². The maximum atomic E-state index is 6.55. The van der Waals surface area contributed by atoms with E-state index < -0.39 is 8.56 Å². The smallest absolute Gasteiger partial charge is 0.338 e. The zero-order chi connectivity index (χ0) is 15.1. The fourth-order valence-electron chi connectivity index (χ4n) is 2.54. The monoisotopic (exact) mass is 288 g/mol. The molecule has 0 aliphatic carbocycles.